The van der Waals surface area contributed by atoms with Crippen LogP contribution in [0.3, 0.4) is 0 Å². The molecule has 1 aromatic heterocycles. The van der Waals surface area contributed by atoms with E-state index in [1.165, 1.54) is 17.5 Å². The first kappa shape index (κ1) is 18.4. The van der Waals surface area contributed by atoms with Crippen molar-refractivity contribution < 1.29 is 8.42 Å². The molecule has 0 radical (unpaired) electrons. The van der Waals surface area contributed by atoms with Crippen molar-refractivity contribution in [2.24, 2.45) is 4.99 Å². The molecule has 24 heavy (non-hydrogen) atoms. The van der Waals surface area contributed by atoms with Gasteiger partial charge in [0.15, 0.2) is 5.96 Å². The van der Waals surface area contributed by atoms with Crippen LogP contribution < -0.4 is 15.4 Å². The van der Waals surface area contributed by atoms with Crippen LogP contribution in [0, 0.1) is 6.92 Å². The molecule has 0 spiro atoms. The first-order valence-corrected chi connectivity index (χ1v) is 9.82. The van der Waals surface area contributed by atoms with Crippen molar-refractivity contribution in [1.82, 2.24) is 15.4 Å². The van der Waals surface area contributed by atoms with Gasteiger partial charge in [0.05, 0.1) is 11.4 Å². The number of benzene rings is 1. The molecule has 0 aliphatic heterocycles. The van der Waals surface area contributed by atoms with Crippen molar-refractivity contribution in [2.45, 2.75) is 24.9 Å². The molecule has 1 aromatic carbocycles. The highest BCUT2D eigenvalue weighted by molar-refractivity contribution is 7.89. The number of rotatable bonds is 6. The standard InChI is InChI=1S/C16H22N4O2S2/c1-12-7-8-23-15(12)11-20-16(17-2)19-10-13-5-4-6-14(9-13)24(21,22)18-3/h4-9,18H,10-11H2,1-3H3,(H2,17,19,20). The number of aliphatic imine (C=N–C) groups is 1. The quantitative estimate of drug-likeness (QED) is 0.538. The Morgan fingerprint density at radius 1 is 1.21 bits per heavy atom. The Morgan fingerprint density at radius 3 is 2.58 bits per heavy atom. The van der Waals surface area contributed by atoms with Crippen LogP contribution in [0.4, 0.5) is 0 Å². The number of guanidine groups is 1. The predicted octanol–water partition coefficient (Wildman–Crippen LogP) is 1.83. The zero-order valence-corrected chi connectivity index (χ0v) is 15.6. The third-order valence-electron chi connectivity index (χ3n) is 3.55. The minimum absolute atomic E-state index is 0.251. The predicted molar refractivity (Wildman–Crippen MR) is 98.8 cm³/mol. The van der Waals surface area contributed by atoms with Crippen LogP contribution >= 0.6 is 11.3 Å². The van der Waals surface area contributed by atoms with Gasteiger partial charge >= 0.3 is 0 Å². The van der Waals surface area contributed by atoms with Crippen molar-refractivity contribution in [1.29, 1.82) is 0 Å². The lowest BCUT2D eigenvalue weighted by molar-refractivity contribution is 0.588. The van der Waals surface area contributed by atoms with Crippen LogP contribution in [0.25, 0.3) is 0 Å². The molecule has 0 unspecified atom stereocenters. The molecule has 0 aliphatic rings. The van der Waals surface area contributed by atoms with Gasteiger partial charge in [-0.25, -0.2) is 13.1 Å². The number of nitrogens with zero attached hydrogens (tertiary/aromatic N) is 1. The van der Waals surface area contributed by atoms with E-state index in [2.05, 4.69) is 38.7 Å². The minimum atomic E-state index is -3.43. The molecule has 0 bridgehead atoms. The molecule has 6 nitrogen and oxygen atoms in total. The molecule has 0 atom stereocenters. The van der Waals surface area contributed by atoms with E-state index in [1.807, 2.05) is 6.07 Å². The van der Waals surface area contributed by atoms with Gasteiger partial charge in [-0.2, -0.15) is 0 Å². The largest absolute Gasteiger partial charge is 0.352 e. The van der Waals surface area contributed by atoms with Gasteiger partial charge in [0, 0.05) is 18.5 Å². The van der Waals surface area contributed by atoms with E-state index in [9.17, 15) is 8.42 Å². The molecule has 0 amide bonds. The summed E-state index contributed by atoms with van der Waals surface area (Å²) >= 11 is 1.70. The fourth-order valence-electron chi connectivity index (χ4n) is 2.10. The molecule has 3 N–H and O–H groups in total. The van der Waals surface area contributed by atoms with Crippen LogP contribution in [0.1, 0.15) is 16.0 Å². The second-order valence-corrected chi connectivity index (χ2v) is 8.05. The first-order valence-electron chi connectivity index (χ1n) is 7.46. The van der Waals surface area contributed by atoms with E-state index in [0.29, 0.717) is 19.0 Å². The fraction of sp³-hybridized carbons (Fsp3) is 0.312. The second kappa shape index (κ2) is 8.27. The van der Waals surface area contributed by atoms with E-state index < -0.39 is 10.0 Å². The van der Waals surface area contributed by atoms with Crippen molar-refractivity contribution in [3.05, 3.63) is 51.7 Å². The third kappa shape index (κ3) is 4.80. The summed E-state index contributed by atoms with van der Waals surface area (Å²) in [7, 11) is -0.323. The summed E-state index contributed by atoms with van der Waals surface area (Å²) in [6, 6.07) is 8.91. The van der Waals surface area contributed by atoms with Gasteiger partial charge in [-0.3, -0.25) is 4.99 Å². The normalized spacial score (nSPS) is 12.2. The highest BCUT2D eigenvalue weighted by Gasteiger charge is 2.11. The maximum absolute atomic E-state index is 11.8. The lowest BCUT2D eigenvalue weighted by Crippen LogP contribution is -2.36. The Kier molecular flexibility index (Phi) is 6.36. The summed E-state index contributed by atoms with van der Waals surface area (Å²) in [5.74, 6) is 0.671. The molecule has 0 aliphatic carbocycles. The Bertz CT molecular complexity index is 813. The van der Waals surface area contributed by atoms with Crippen LogP contribution in [-0.4, -0.2) is 28.5 Å². The van der Waals surface area contributed by atoms with Crippen molar-refractivity contribution in [3.8, 4) is 0 Å². The van der Waals surface area contributed by atoms with Gasteiger partial charge in [0.1, 0.15) is 0 Å². The van der Waals surface area contributed by atoms with E-state index in [0.717, 1.165) is 5.56 Å². The second-order valence-electron chi connectivity index (χ2n) is 5.16. The van der Waals surface area contributed by atoms with E-state index >= 15 is 0 Å². The van der Waals surface area contributed by atoms with Crippen LogP contribution in [-0.2, 0) is 23.1 Å². The summed E-state index contributed by atoms with van der Waals surface area (Å²) in [6.45, 7) is 3.27. The summed E-state index contributed by atoms with van der Waals surface area (Å²) in [4.78, 5) is 5.70. The number of nitrogens with one attached hydrogen (secondary N) is 3. The van der Waals surface area contributed by atoms with Gasteiger partial charge in [-0.1, -0.05) is 12.1 Å². The monoisotopic (exact) mass is 366 g/mol. The number of thiophene rings is 1. The van der Waals surface area contributed by atoms with Crippen LogP contribution in [0.5, 0.6) is 0 Å². The van der Waals surface area contributed by atoms with Gasteiger partial charge in [0.25, 0.3) is 0 Å². The Hall–Kier alpha value is -1.90. The van der Waals surface area contributed by atoms with Gasteiger partial charge in [-0.15, -0.1) is 11.3 Å². The van der Waals surface area contributed by atoms with E-state index in [-0.39, 0.29) is 4.90 Å². The molecule has 0 saturated heterocycles. The van der Waals surface area contributed by atoms with Crippen molar-refractivity contribution in [2.75, 3.05) is 14.1 Å². The van der Waals surface area contributed by atoms with Gasteiger partial charge in [-0.05, 0) is 48.7 Å². The fourth-order valence-corrected chi connectivity index (χ4v) is 3.74. The van der Waals surface area contributed by atoms with E-state index in [1.54, 1.807) is 36.6 Å². The summed E-state index contributed by atoms with van der Waals surface area (Å²) in [5.41, 5.74) is 2.12. The first-order chi connectivity index (χ1) is 11.5. The Labute approximate surface area is 147 Å². The smallest absolute Gasteiger partial charge is 0.240 e. The Morgan fingerprint density at radius 2 is 1.96 bits per heavy atom. The zero-order chi connectivity index (χ0) is 17.6. The number of hydrogen-bond donors (Lipinski definition) is 3. The number of aryl methyl sites for hydroxylation is 1. The van der Waals surface area contributed by atoms with Gasteiger partial charge < -0.3 is 10.6 Å². The average molecular weight is 367 g/mol. The highest BCUT2D eigenvalue weighted by atomic mass is 32.2. The third-order valence-corrected chi connectivity index (χ3v) is 5.98. The van der Waals surface area contributed by atoms with Crippen molar-refractivity contribution >= 4 is 27.3 Å². The molecule has 0 saturated carbocycles. The summed E-state index contributed by atoms with van der Waals surface area (Å²) < 4.78 is 26.0. The lowest BCUT2D eigenvalue weighted by Gasteiger charge is -2.12. The van der Waals surface area contributed by atoms with Crippen molar-refractivity contribution in [3.63, 3.8) is 0 Å². The average Bonchev–Trinajstić information content (AvgIpc) is 3.00. The molecule has 8 heteroatoms. The minimum Gasteiger partial charge on any atom is -0.352 e. The molecular formula is C16H22N4O2S2. The van der Waals surface area contributed by atoms with Gasteiger partial charge in [0.2, 0.25) is 10.0 Å². The zero-order valence-electron chi connectivity index (χ0n) is 14.0. The maximum Gasteiger partial charge on any atom is 0.240 e. The summed E-state index contributed by atoms with van der Waals surface area (Å²) in [5, 5.41) is 8.52. The number of hydrogen-bond acceptors (Lipinski definition) is 4. The molecule has 130 valence electrons. The molecule has 1 heterocycles. The maximum atomic E-state index is 11.8. The molecular weight excluding hydrogens is 344 g/mol. The lowest BCUT2D eigenvalue weighted by atomic mass is 10.2. The van der Waals surface area contributed by atoms with Crippen LogP contribution in [0.15, 0.2) is 45.6 Å². The summed E-state index contributed by atoms with van der Waals surface area (Å²) in [6.07, 6.45) is 0. The molecule has 2 aromatic rings. The Balaban J connectivity index is 1.96. The highest BCUT2D eigenvalue weighted by Crippen LogP contribution is 2.14. The van der Waals surface area contributed by atoms with Crippen LogP contribution in [0.2, 0.25) is 0 Å². The SMILES string of the molecule is CN=C(NCc1cccc(S(=O)(=O)NC)c1)NCc1sccc1C. The topological polar surface area (TPSA) is 82.6 Å². The molecule has 2 rings (SSSR count). The molecule has 0 fully saturated rings. The van der Waals surface area contributed by atoms with E-state index in [4.69, 9.17) is 0 Å². The number of sulfonamides is 1.